The van der Waals surface area contributed by atoms with Gasteiger partial charge in [-0.05, 0) is 24.1 Å². The Kier molecular flexibility index (Phi) is 3.95. The van der Waals surface area contributed by atoms with E-state index in [9.17, 15) is 9.18 Å². The lowest BCUT2D eigenvalue weighted by molar-refractivity contribution is -0.121. The van der Waals surface area contributed by atoms with Crippen LogP contribution >= 0.6 is 0 Å². The summed E-state index contributed by atoms with van der Waals surface area (Å²) in [7, 11) is 1.60. The van der Waals surface area contributed by atoms with Crippen LogP contribution in [0.15, 0.2) is 48.5 Å². The van der Waals surface area contributed by atoms with E-state index in [1.54, 1.807) is 25.2 Å². The molecule has 0 aliphatic carbocycles. The van der Waals surface area contributed by atoms with E-state index in [0.29, 0.717) is 5.56 Å². The fourth-order valence-corrected chi connectivity index (χ4v) is 2.16. The molecule has 1 atom stereocenters. The van der Waals surface area contributed by atoms with E-state index in [-0.39, 0.29) is 17.6 Å². The highest BCUT2D eigenvalue weighted by Gasteiger charge is 2.18. The second-order valence-corrected chi connectivity index (χ2v) is 4.40. The van der Waals surface area contributed by atoms with E-state index in [1.807, 2.05) is 31.2 Å². The summed E-state index contributed by atoms with van der Waals surface area (Å²) in [6, 6.07) is 14.0. The summed E-state index contributed by atoms with van der Waals surface area (Å²) in [4.78, 5) is 11.8. The average molecular weight is 257 g/mol. The zero-order valence-electron chi connectivity index (χ0n) is 11.0. The predicted molar refractivity (Wildman–Crippen MR) is 74.3 cm³/mol. The average Bonchev–Trinajstić information content (AvgIpc) is 2.46. The lowest BCUT2D eigenvalue weighted by atomic mass is 9.91. The van der Waals surface area contributed by atoms with Crippen LogP contribution in [0.2, 0.25) is 0 Å². The maximum Gasteiger partial charge on any atom is 0.227 e. The predicted octanol–water partition coefficient (Wildman–Crippen LogP) is 3.34. The van der Waals surface area contributed by atoms with E-state index in [0.717, 1.165) is 11.1 Å². The van der Waals surface area contributed by atoms with Crippen molar-refractivity contribution in [2.24, 2.45) is 0 Å². The Balaban J connectivity index is 2.54. The van der Waals surface area contributed by atoms with Crippen molar-refractivity contribution in [3.8, 4) is 11.1 Å². The van der Waals surface area contributed by atoms with E-state index >= 15 is 0 Å². The SMILES string of the molecule is CNC(=O)C(C)c1ccccc1-c1ccccc1F. The molecule has 19 heavy (non-hydrogen) atoms. The number of hydrogen-bond donors (Lipinski definition) is 1. The molecule has 1 unspecified atom stereocenters. The van der Waals surface area contributed by atoms with E-state index < -0.39 is 0 Å². The molecule has 2 nitrogen and oxygen atoms in total. The third-order valence-electron chi connectivity index (χ3n) is 3.23. The summed E-state index contributed by atoms with van der Waals surface area (Å²) in [6.45, 7) is 1.82. The fraction of sp³-hybridized carbons (Fsp3) is 0.188. The molecule has 1 amide bonds. The molecular weight excluding hydrogens is 241 g/mol. The maximum atomic E-state index is 13.9. The van der Waals surface area contributed by atoms with Crippen molar-refractivity contribution in [3.05, 3.63) is 59.9 Å². The number of amides is 1. The van der Waals surface area contributed by atoms with Crippen LogP contribution in [0.25, 0.3) is 11.1 Å². The number of benzene rings is 2. The van der Waals surface area contributed by atoms with Gasteiger partial charge in [-0.1, -0.05) is 42.5 Å². The monoisotopic (exact) mass is 257 g/mol. The van der Waals surface area contributed by atoms with Crippen molar-refractivity contribution >= 4 is 5.91 Å². The first-order valence-corrected chi connectivity index (χ1v) is 6.20. The molecule has 0 fully saturated rings. The fourth-order valence-electron chi connectivity index (χ4n) is 2.16. The molecule has 98 valence electrons. The van der Waals surface area contributed by atoms with Gasteiger partial charge < -0.3 is 5.32 Å². The smallest absolute Gasteiger partial charge is 0.227 e. The Morgan fingerprint density at radius 1 is 1.05 bits per heavy atom. The molecule has 0 spiro atoms. The standard InChI is InChI=1S/C16H16FNO/c1-11(16(19)18-2)12-7-3-4-8-13(12)14-9-5-6-10-15(14)17/h3-11H,1-2H3,(H,18,19). The van der Waals surface area contributed by atoms with Crippen LogP contribution in [0.3, 0.4) is 0 Å². The van der Waals surface area contributed by atoms with Crippen LogP contribution < -0.4 is 5.32 Å². The van der Waals surface area contributed by atoms with Crippen LogP contribution in [0.4, 0.5) is 4.39 Å². The minimum atomic E-state index is -0.319. The lowest BCUT2D eigenvalue weighted by Crippen LogP contribution is -2.24. The largest absolute Gasteiger partial charge is 0.359 e. The van der Waals surface area contributed by atoms with E-state index in [2.05, 4.69) is 5.32 Å². The first-order chi connectivity index (χ1) is 9.15. The van der Waals surface area contributed by atoms with Crippen LogP contribution in [0, 0.1) is 5.82 Å². The highest BCUT2D eigenvalue weighted by atomic mass is 19.1. The molecule has 2 rings (SSSR count). The Morgan fingerprint density at radius 3 is 2.26 bits per heavy atom. The van der Waals surface area contributed by atoms with Crippen molar-refractivity contribution < 1.29 is 9.18 Å². The summed E-state index contributed by atoms with van der Waals surface area (Å²) < 4.78 is 13.9. The molecule has 3 heteroatoms. The Hall–Kier alpha value is -2.16. The number of hydrogen-bond acceptors (Lipinski definition) is 1. The third kappa shape index (κ3) is 2.65. The second kappa shape index (κ2) is 5.65. The van der Waals surface area contributed by atoms with Gasteiger partial charge in [0.1, 0.15) is 5.82 Å². The first-order valence-electron chi connectivity index (χ1n) is 6.20. The van der Waals surface area contributed by atoms with Gasteiger partial charge >= 0.3 is 0 Å². The van der Waals surface area contributed by atoms with Gasteiger partial charge in [0.15, 0.2) is 0 Å². The minimum Gasteiger partial charge on any atom is -0.359 e. The van der Waals surface area contributed by atoms with Crippen molar-refractivity contribution in [1.29, 1.82) is 0 Å². The molecule has 2 aromatic carbocycles. The van der Waals surface area contributed by atoms with Crippen molar-refractivity contribution in [3.63, 3.8) is 0 Å². The van der Waals surface area contributed by atoms with E-state index in [4.69, 9.17) is 0 Å². The number of carbonyl (C=O) groups excluding carboxylic acids is 1. The number of likely N-dealkylation sites (N-methyl/N-ethyl adjacent to an activating group) is 1. The zero-order valence-corrected chi connectivity index (χ0v) is 11.0. The van der Waals surface area contributed by atoms with Gasteiger partial charge in [-0.25, -0.2) is 4.39 Å². The van der Waals surface area contributed by atoms with E-state index in [1.165, 1.54) is 6.07 Å². The number of carbonyl (C=O) groups is 1. The molecule has 0 bridgehead atoms. The molecule has 0 saturated carbocycles. The molecule has 2 aromatic rings. The summed E-state index contributed by atoms with van der Waals surface area (Å²) in [5.74, 6) is -0.677. The highest BCUT2D eigenvalue weighted by Crippen LogP contribution is 2.30. The zero-order chi connectivity index (χ0) is 13.8. The Labute approximate surface area is 112 Å². The highest BCUT2D eigenvalue weighted by molar-refractivity contribution is 5.86. The lowest BCUT2D eigenvalue weighted by Gasteiger charge is -2.15. The molecular formula is C16H16FNO. The molecule has 0 aliphatic heterocycles. The van der Waals surface area contributed by atoms with Gasteiger partial charge in [-0.2, -0.15) is 0 Å². The van der Waals surface area contributed by atoms with Gasteiger partial charge in [0.05, 0.1) is 5.92 Å². The van der Waals surface area contributed by atoms with Crippen molar-refractivity contribution in [1.82, 2.24) is 5.32 Å². The van der Waals surface area contributed by atoms with Crippen LogP contribution in [-0.2, 0) is 4.79 Å². The number of rotatable bonds is 3. The number of nitrogens with one attached hydrogen (secondary N) is 1. The minimum absolute atomic E-state index is 0.0798. The molecule has 0 radical (unpaired) electrons. The van der Waals surface area contributed by atoms with Crippen LogP contribution in [0.1, 0.15) is 18.4 Å². The molecule has 0 heterocycles. The summed E-state index contributed by atoms with van der Waals surface area (Å²) >= 11 is 0. The van der Waals surface area contributed by atoms with Crippen molar-refractivity contribution in [2.75, 3.05) is 7.05 Å². The van der Waals surface area contributed by atoms with Gasteiger partial charge in [0.25, 0.3) is 0 Å². The topological polar surface area (TPSA) is 29.1 Å². The first kappa shape index (κ1) is 13.3. The van der Waals surface area contributed by atoms with Gasteiger partial charge in [-0.15, -0.1) is 0 Å². The Bertz CT molecular complexity index is 595. The molecule has 0 aliphatic rings. The third-order valence-corrected chi connectivity index (χ3v) is 3.23. The van der Waals surface area contributed by atoms with Gasteiger partial charge in [0, 0.05) is 12.6 Å². The second-order valence-electron chi connectivity index (χ2n) is 4.40. The number of halogens is 1. The van der Waals surface area contributed by atoms with Crippen molar-refractivity contribution in [2.45, 2.75) is 12.8 Å². The molecule has 0 aromatic heterocycles. The van der Waals surface area contributed by atoms with Crippen LogP contribution in [0.5, 0.6) is 0 Å². The summed E-state index contributed by atoms with van der Waals surface area (Å²) in [5.41, 5.74) is 2.11. The maximum absolute atomic E-state index is 13.9. The summed E-state index contributed by atoms with van der Waals surface area (Å²) in [6.07, 6.45) is 0. The van der Waals surface area contributed by atoms with Gasteiger partial charge in [0.2, 0.25) is 5.91 Å². The molecule has 0 saturated heterocycles. The Morgan fingerprint density at radius 2 is 1.63 bits per heavy atom. The normalized spacial score (nSPS) is 11.9. The molecule has 1 N–H and O–H groups in total. The quantitative estimate of drug-likeness (QED) is 0.897. The van der Waals surface area contributed by atoms with Gasteiger partial charge in [-0.3, -0.25) is 4.79 Å². The van der Waals surface area contributed by atoms with Crippen LogP contribution in [-0.4, -0.2) is 13.0 Å². The summed E-state index contributed by atoms with van der Waals surface area (Å²) in [5, 5.41) is 2.62.